The first-order valence-electron chi connectivity index (χ1n) is 12.4. The molecule has 3 aromatic rings. The van der Waals surface area contributed by atoms with E-state index in [0.717, 1.165) is 39.9 Å². The minimum absolute atomic E-state index is 0.00804. The topological polar surface area (TPSA) is 99.5 Å². The minimum atomic E-state index is -3.38. The van der Waals surface area contributed by atoms with Crippen molar-refractivity contribution in [3.8, 4) is 17.2 Å². The molecule has 0 spiro atoms. The molecule has 1 atom stereocenters. The van der Waals surface area contributed by atoms with Crippen LogP contribution in [0.25, 0.3) is 11.1 Å². The van der Waals surface area contributed by atoms with Gasteiger partial charge in [0.15, 0.2) is 0 Å². The lowest BCUT2D eigenvalue weighted by Crippen LogP contribution is -2.17. The molecule has 0 aliphatic heterocycles. The fourth-order valence-electron chi connectivity index (χ4n) is 4.48. The van der Waals surface area contributed by atoms with Crippen LogP contribution in [-0.4, -0.2) is 29.1 Å². The van der Waals surface area contributed by atoms with E-state index >= 15 is 0 Å². The third-order valence-electron chi connectivity index (χ3n) is 6.25. The van der Waals surface area contributed by atoms with Gasteiger partial charge >= 0.3 is 0 Å². The van der Waals surface area contributed by atoms with Gasteiger partial charge in [0, 0.05) is 6.54 Å². The Labute approximate surface area is 221 Å². The molecule has 37 heavy (non-hydrogen) atoms. The van der Waals surface area contributed by atoms with Crippen LogP contribution in [0.2, 0.25) is 0 Å². The van der Waals surface area contributed by atoms with Crippen LogP contribution in [0.1, 0.15) is 67.3 Å². The van der Waals surface area contributed by atoms with Crippen LogP contribution in [0.15, 0.2) is 69.9 Å². The van der Waals surface area contributed by atoms with Gasteiger partial charge in [0.1, 0.15) is 9.92 Å². The van der Waals surface area contributed by atoms with Crippen molar-refractivity contribution in [3.63, 3.8) is 0 Å². The molecule has 0 saturated carbocycles. The van der Waals surface area contributed by atoms with E-state index in [-0.39, 0.29) is 18.3 Å². The summed E-state index contributed by atoms with van der Waals surface area (Å²) in [7, 11) is 0.568. The number of carbonyl (C=O) groups excluding carboxylic acids is 1. The number of nitriles is 1. The van der Waals surface area contributed by atoms with Gasteiger partial charge in [-0.25, -0.2) is 9.35 Å². The molecule has 3 aromatic carbocycles. The van der Waals surface area contributed by atoms with Gasteiger partial charge in [-0.2, -0.15) is 5.26 Å². The highest BCUT2D eigenvalue weighted by Gasteiger charge is 2.21. The monoisotopic (exact) mass is 516 g/mol. The normalized spacial score (nSPS) is 13.0. The molecule has 6 nitrogen and oxygen atoms in total. The Morgan fingerprint density at radius 1 is 1.00 bits per heavy atom. The minimum Gasteiger partial charge on any atom is -0.305 e. The van der Waals surface area contributed by atoms with E-state index in [4.69, 9.17) is 5.14 Å². The van der Waals surface area contributed by atoms with Crippen molar-refractivity contribution in [2.24, 2.45) is 9.50 Å². The molecule has 7 heteroatoms. The van der Waals surface area contributed by atoms with Gasteiger partial charge < -0.3 is 4.90 Å². The number of rotatable bonds is 8. The Kier molecular flexibility index (Phi) is 9.03. The summed E-state index contributed by atoms with van der Waals surface area (Å²) in [4.78, 5) is 15.5. The summed E-state index contributed by atoms with van der Waals surface area (Å²) in [5, 5.41) is 15.7. The van der Waals surface area contributed by atoms with Gasteiger partial charge in [0.2, 0.25) is 0 Å². The SMILES string of the molecule is CC(C)c1cc(-c2ccccc2C#N)cc(C(C)C)c1CC(=O)N=S(N)(=O)c1ccc(CN(C)C)cc1. The first-order valence-corrected chi connectivity index (χ1v) is 14.0. The summed E-state index contributed by atoms with van der Waals surface area (Å²) in [6.45, 7) is 9.04. The Hall–Kier alpha value is -3.31. The number of hydrogen-bond acceptors (Lipinski definition) is 4. The van der Waals surface area contributed by atoms with E-state index in [2.05, 4.69) is 50.3 Å². The van der Waals surface area contributed by atoms with Crippen molar-refractivity contribution >= 4 is 15.8 Å². The smallest absolute Gasteiger partial charge is 0.259 e. The van der Waals surface area contributed by atoms with Crippen LogP contribution in [0.3, 0.4) is 0 Å². The van der Waals surface area contributed by atoms with Crippen LogP contribution in [0, 0.1) is 11.3 Å². The molecule has 3 rings (SSSR count). The zero-order chi connectivity index (χ0) is 27.3. The van der Waals surface area contributed by atoms with Gasteiger partial charge in [0.05, 0.1) is 22.9 Å². The summed E-state index contributed by atoms with van der Waals surface area (Å²) in [6, 6.07) is 21.0. The van der Waals surface area contributed by atoms with Gasteiger partial charge in [-0.15, -0.1) is 4.36 Å². The number of hydrogen-bond donors (Lipinski definition) is 1. The van der Waals surface area contributed by atoms with E-state index in [1.165, 1.54) is 0 Å². The summed E-state index contributed by atoms with van der Waals surface area (Å²) < 4.78 is 17.2. The molecule has 0 radical (unpaired) electrons. The number of nitrogens with two attached hydrogens (primary N) is 1. The largest absolute Gasteiger partial charge is 0.305 e. The number of benzene rings is 3. The molecule has 0 fully saturated rings. The molecule has 1 amide bonds. The van der Waals surface area contributed by atoms with Gasteiger partial charge in [0.25, 0.3) is 5.91 Å². The number of nitrogens with zero attached hydrogens (tertiary/aromatic N) is 3. The van der Waals surface area contributed by atoms with Crippen LogP contribution in [0.4, 0.5) is 0 Å². The van der Waals surface area contributed by atoms with Gasteiger partial charge in [-0.3, -0.25) is 4.79 Å². The zero-order valence-corrected chi connectivity index (χ0v) is 23.3. The predicted molar refractivity (Wildman–Crippen MR) is 150 cm³/mol. The van der Waals surface area contributed by atoms with E-state index in [1.807, 2.05) is 49.3 Å². The maximum Gasteiger partial charge on any atom is 0.259 e. The second kappa shape index (κ2) is 11.8. The maximum atomic E-state index is 13.2. The average Bonchev–Trinajstić information content (AvgIpc) is 2.83. The predicted octanol–water partition coefficient (Wildman–Crippen LogP) is 6.00. The van der Waals surface area contributed by atoms with E-state index in [9.17, 15) is 14.3 Å². The third kappa shape index (κ3) is 6.92. The van der Waals surface area contributed by atoms with Crippen molar-refractivity contribution in [3.05, 3.63) is 88.5 Å². The maximum absolute atomic E-state index is 13.2. The number of amides is 1. The standard InChI is InChI=1S/C30H36N4O2S/c1-20(2)27-15-24(26-10-8-7-9-23(26)18-31)16-28(21(3)4)29(27)17-30(35)33-37(32,36)25-13-11-22(12-14-25)19-34(5)6/h7-16,20-21H,17,19H2,1-6H3,(H2,32,33,35,36). The lowest BCUT2D eigenvalue weighted by Gasteiger charge is -2.21. The van der Waals surface area contributed by atoms with Crippen LogP contribution >= 0.6 is 0 Å². The van der Waals surface area contributed by atoms with Gasteiger partial charge in [-0.1, -0.05) is 70.2 Å². The van der Waals surface area contributed by atoms with E-state index in [0.29, 0.717) is 10.5 Å². The van der Waals surface area contributed by atoms with Crippen LogP contribution < -0.4 is 5.14 Å². The molecule has 0 aromatic heterocycles. The third-order valence-corrected chi connectivity index (χ3v) is 7.67. The van der Waals surface area contributed by atoms with Crippen LogP contribution in [0.5, 0.6) is 0 Å². The molecule has 0 heterocycles. The van der Waals surface area contributed by atoms with Crippen LogP contribution in [-0.2, 0) is 27.7 Å². The first kappa shape index (κ1) is 28.3. The van der Waals surface area contributed by atoms with Crippen molar-refractivity contribution in [1.29, 1.82) is 5.26 Å². The molecule has 0 saturated heterocycles. The second-order valence-electron chi connectivity index (χ2n) is 10.2. The molecule has 2 N–H and O–H groups in total. The fraction of sp³-hybridized carbons (Fsp3) is 0.333. The summed E-state index contributed by atoms with van der Waals surface area (Å²) >= 11 is 0. The fourth-order valence-corrected chi connectivity index (χ4v) is 5.48. The highest BCUT2D eigenvalue weighted by atomic mass is 32.2. The summed E-state index contributed by atoms with van der Waals surface area (Å²) in [6.07, 6.45) is 0.00804. The second-order valence-corrected chi connectivity index (χ2v) is 12.0. The molecular formula is C30H36N4O2S. The quantitative estimate of drug-likeness (QED) is 0.397. The van der Waals surface area contributed by atoms with Crippen molar-refractivity contribution in [1.82, 2.24) is 4.90 Å². The average molecular weight is 517 g/mol. The highest BCUT2D eigenvalue weighted by molar-refractivity contribution is 7.91. The Balaban J connectivity index is 2.03. The lowest BCUT2D eigenvalue weighted by atomic mass is 9.83. The van der Waals surface area contributed by atoms with Crippen molar-refractivity contribution < 1.29 is 9.00 Å². The molecule has 1 unspecified atom stereocenters. The Morgan fingerprint density at radius 3 is 2.08 bits per heavy atom. The molecule has 0 bridgehead atoms. The number of carbonyl (C=O) groups is 1. The molecule has 0 aliphatic carbocycles. The molecule has 194 valence electrons. The first-order chi connectivity index (χ1) is 17.4. The van der Waals surface area contributed by atoms with E-state index in [1.54, 1.807) is 18.2 Å². The summed E-state index contributed by atoms with van der Waals surface area (Å²) in [5.41, 5.74) is 6.36. The lowest BCUT2D eigenvalue weighted by molar-refractivity contribution is -0.117. The highest BCUT2D eigenvalue weighted by Crippen LogP contribution is 2.35. The van der Waals surface area contributed by atoms with Gasteiger partial charge in [-0.05, 0) is 77.5 Å². The molecular weight excluding hydrogens is 480 g/mol. The Morgan fingerprint density at radius 2 is 1.57 bits per heavy atom. The molecule has 0 aliphatic rings. The Bertz CT molecular complexity index is 1410. The van der Waals surface area contributed by atoms with Crippen molar-refractivity contribution in [2.45, 2.75) is 57.4 Å². The van der Waals surface area contributed by atoms with Crippen molar-refractivity contribution in [2.75, 3.05) is 14.1 Å². The zero-order valence-electron chi connectivity index (χ0n) is 22.5. The van der Waals surface area contributed by atoms with E-state index < -0.39 is 15.8 Å². The summed E-state index contributed by atoms with van der Waals surface area (Å²) in [5.74, 6) is -0.263.